The molecule has 0 aliphatic rings. The fourth-order valence-corrected chi connectivity index (χ4v) is 0.215. The number of nitrogens with two attached hydrogens (primary N) is 2. The SMILES string of the molecule is CC[N+](C)(N)OO[N+](C)(C)N. The van der Waals surface area contributed by atoms with Gasteiger partial charge in [-0.3, -0.25) is 0 Å². The Balaban J connectivity index is 3.70. The summed E-state index contributed by atoms with van der Waals surface area (Å²) in [5, 5.41) is 0. The maximum absolute atomic E-state index is 5.55. The summed E-state index contributed by atoms with van der Waals surface area (Å²) < 4.78 is -0.399. The molecule has 6 nitrogen and oxygen atoms in total. The largest absolute Gasteiger partial charge is 0.145 e. The monoisotopic (exact) mass is 166 g/mol. The molecular formula is C5H18N4O2+2. The normalized spacial score (nSPS) is 18.0. The molecule has 11 heavy (non-hydrogen) atoms. The first-order valence-electron chi connectivity index (χ1n) is 3.41. The minimum Gasteiger partial charge on any atom is -0.145 e. The summed E-state index contributed by atoms with van der Waals surface area (Å²) in [5.74, 6) is 11.0. The molecule has 0 heterocycles. The Kier molecular flexibility index (Phi) is 3.36. The van der Waals surface area contributed by atoms with Crippen LogP contribution >= 0.6 is 0 Å². The molecule has 0 aliphatic carbocycles. The van der Waals surface area contributed by atoms with E-state index in [0.29, 0.717) is 6.54 Å². The zero-order valence-corrected chi connectivity index (χ0v) is 7.57. The van der Waals surface area contributed by atoms with Crippen LogP contribution in [0.15, 0.2) is 0 Å². The zero-order valence-electron chi connectivity index (χ0n) is 7.57. The standard InChI is InChI=1S/C5H18N4O2/c1-5-9(4,7)11-10-8(2,3)6/h5-7H2,1-4H3/q+2. The topological polar surface area (TPSA) is 70.5 Å². The molecule has 0 spiro atoms. The van der Waals surface area contributed by atoms with Gasteiger partial charge in [-0.25, -0.2) is 0 Å². The van der Waals surface area contributed by atoms with Crippen molar-refractivity contribution < 1.29 is 19.5 Å². The van der Waals surface area contributed by atoms with Gasteiger partial charge in [-0.2, -0.15) is 0 Å². The number of quaternary nitrogens is 2. The van der Waals surface area contributed by atoms with Crippen LogP contribution in [0.4, 0.5) is 0 Å². The van der Waals surface area contributed by atoms with Gasteiger partial charge in [0.25, 0.3) is 0 Å². The molecule has 0 amide bonds. The van der Waals surface area contributed by atoms with Crippen LogP contribution in [0.2, 0.25) is 0 Å². The van der Waals surface area contributed by atoms with E-state index >= 15 is 0 Å². The van der Waals surface area contributed by atoms with Crippen LogP contribution < -0.4 is 11.7 Å². The predicted octanol–water partition coefficient (Wildman–Crippen LogP) is -0.945. The summed E-state index contributed by atoms with van der Waals surface area (Å²) in [7, 11) is 4.90. The lowest BCUT2D eigenvalue weighted by molar-refractivity contribution is -1.27. The van der Waals surface area contributed by atoms with Crippen LogP contribution in [0.3, 0.4) is 0 Å². The molecule has 0 aliphatic heterocycles. The van der Waals surface area contributed by atoms with Crippen molar-refractivity contribution in [3.63, 3.8) is 0 Å². The second kappa shape index (κ2) is 3.44. The highest BCUT2D eigenvalue weighted by atomic mass is 17.4. The van der Waals surface area contributed by atoms with Crippen molar-refractivity contribution in [3.05, 3.63) is 0 Å². The van der Waals surface area contributed by atoms with Crippen LogP contribution in [-0.4, -0.2) is 37.2 Å². The molecule has 0 rings (SSSR count). The summed E-state index contributed by atoms with van der Waals surface area (Å²) >= 11 is 0. The van der Waals surface area contributed by atoms with E-state index in [9.17, 15) is 0 Å². The molecule has 1 atom stereocenters. The Morgan fingerprint density at radius 2 is 1.55 bits per heavy atom. The summed E-state index contributed by atoms with van der Waals surface area (Å²) in [5.41, 5.74) is 0. The summed E-state index contributed by atoms with van der Waals surface area (Å²) in [6.07, 6.45) is 0. The smallest absolute Gasteiger partial charge is 0.128 e. The predicted molar refractivity (Wildman–Crippen MR) is 39.4 cm³/mol. The number of hydrogen-bond acceptors (Lipinski definition) is 4. The zero-order chi connectivity index (χ0) is 9.12. The van der Waals surface area contributed by atoms with Gasteiger partial charge in [0.05, 0.1) is 0 Å². The molecule has 0 aromatic carbocycles. The number of hydroxylamine groups is 4. The Morgan fingerprint density at radius 3 is 1.82 bits per heavy atom. The minimum atomic E-state index is -0.231. The number of hydrogen-bond donors (Lipinski definition) is 2. The molecule has 0 saturated carbocycles. The molecule has 4 N–H and O–H groups in total. The van der Waals surface area contributed by atoms with E-state index in [1.54, 1.807) is 21.1 Å². The third kappa shape index (κ3) is 6.17. The quantitative estimate of drug-likeness (QED) is 0.245. The molecular weight excluding hydrogens is 148 g/mol. The Hall–Kier alpha value is -0.240. The first-order valence-corrected chi connectivity index (χ1v) is 3.41. The maximum atomic E-state index is 5.55. The van der Waals surface area contributed by atoms with Crippen molar-refractivity contribution in [3.8, 4) is 0 Å². The van der Waals surface area contributed by atoms with E-state index in [1.165, 1.54) is 0 Å². The average Bonchev–Trinajstić information content (AvgIpc) is 1.83. The van der Waals surface area contributed by atoms with Gasteiger partial charge in [0.1, 0.15) is 27.7 Å². The molecule has 0 aromatic heterocycles. The summed E-state index contributed by atoms with van der Waals surface area (Å²) in [6.45, 7) is 2.47. The first-order chi connectivity index (χ1) is 4.77. The Bertz CT molecular complexity index is 120. The van der Waals surface area contributed by atoms with Crippen molar-refractivity contribution in [2.24, 2.45) is 11.7 Å². The van der Waals surface area contributed by atoms with Gasteiger partial charge in [0, 0.05) is 9.98 Å². The fraction of sp³-hybridized carbons (Fsp3) is 1.00. The van der Waals surface area contributed by atoms with Crippen LogP contribution in [0, 0.1) is 0 Å². The van der Waals surface area contributed by atoms with Gasteiger partial charge in [-0.1, -0.05) is 9.51 Å². The van der Waals surface area contributed by atoms with Crippen molar-refractivity contribution in [1.29, 1.82) is 0 Å². The van der Waals surface area contributed by atoms with E-state index < -0.39 is 0 Å². The third-order valence-corrected chi connectivity index (χ3v) is 1.02. The second-order valence-electron chi connectivity index (χ2n) is 3.07. The van der Waals surface area contributed by atoms with Crippen molar-refractivity contribution in [2.75, 3.05) is 27.7 Å². The summed E-state index contributed by atoms with van der Waals surface area (Å²) in [4.78, 5) is 9.55. The lowest BCUT2D eigenvalue weighted by atomic mass is 10.7. The van der Waals surface area contributed by atoms with E-state index in [1.807, 2.05) is 6.92 Å². The van der Waals surface area contributed by atoms with E-state index in [4.69, 9.17) is 21.7 Å². The Labute approximate surface area is 66.8 Å². The van der Waals surface area contributed by atoms with Crippen molar-refractivity contribution in [2.45, 2.75) is 6.92 Å². The molecule has 0 fully saturated rings. The number of nitrogens with zero attached hydrogens (tertiary/aromatic N) is 2. The van der Waals surface area contributed by atoms with E-state index in [-0.39, 0.29) is 9.51 Å². The van der Waals surface area contributed by atoms with Crippen molar-refractivity contribution >= 4 is 0 Å². The van der Waals surface area contributed by atoms with Gasteiger partial charge in [-0.15, -0.1) is 11.7 Å². The number of rotatable bonds is 4. The molecule has 0 aromatic rings. The van der Waals surface area contributed by atoms with E-state index in [2.05, 4.69) is 0 Å². The van der Waals surface area contributed by atoms with Crippen LogP contribution in [0.5, 0.6) is 0 Å². The lowest BCUT2D eigenvalue weighted by Crippen LogP contribution is -2.55. The molecule has 0 radical (unpaired) electrons. The van der Waals surface area contributed by atoms with Gasteiger partial charge >= 0.3 is 0 Å². The summed E-state index contributed by atoms with van der Waals surface area (Å²) in [6, 6.07) is 0. The molecule has 0 bridgehead atoms. The van der Waals surface area contributed by atoms with Crippen molar-refractivity contribution in [1.82, 2.24) is 0 Å². The van der Waals surface area contributed by atoms with Crippen LogP contribution in [0.25, 0.3) is 0 Å². The molecule has 68 valence electrons. The Morgan fingerprint density at radius 1 is 1.09 bits per heavy atom. The highest BCUT2D eigenvalue weighted by Gasteiger charge is 2.23. The first kappa shape index (κ1) is 10.8. The molecule has 1 unspecified atom stereocenters. The van der Waals surface area contributed by atoms with Crippen LogP contribution in [-0.2, 0) is 9.98 Å². The maximum Gasteiger partial charge on any atom is 0.128 e. The second-order valence-corrected chi connectivity index (χ2v) is 3.07. The minimum absolute atomic E-state index is 0.168. The van der Waals surface area contributed by atoms with Crippen LogP contribution in [0.1, 0.15) is 6.92 Å². The highest BCUT2D eigenvalue weighted by molar-refractivity contribution is 3.97. The third-order valence-electron chi connectivity index (χ3n) is 1.02. The fourth-order valence-electron chi connectivity index (χ4n) is 0.215. The molecule has 6 heteroatoms. The average molecular weight is 166 g/mol. The molecule has 0 saturated heterocycles. The lowest BCUT2D eigenvalue weighted by Gasteiger charge is -2.24. The van der Waals surface area contributed by atoms with Gasteiger partial charge in [0.15, 0.2) is 0 Å². The van der Waals surface area contributed by atoms with Gasteiger partial charge in [-0.05, 0) is 6.92 Å². The van der Waals surface area contributed by atoms with Gasteiger partial charge in [0.2, 0.25) is 0 Å². The van der Waals surface area contributed by atoms with Gasteiger partial charge < -0.3 is 0 Å². The van der Waals surface area contributed by atoms with E-state index in [0.717, 1.165) is 0 Å². The highest BCUT2D eigenvalue weighted by Crippen LogP contribution is 1.97.